The second-order valence-corrected chi connectivity index (χ2v) is 7.56. The van der Waals surface area contributed by atoms with Crippen molar-refractivity contribution in [2.24, 2.45) is 0 Å². The Morgan fingerprint density at radius 3 is 2.58 bits per heavy atom. The molecule has 1 atom stereocenters. The highest BCUT2D eigenvalue weighted by atomic mass is 32.1. The zero-order chi connectivity index (χ0) is 18.8. The van der Waals surface area contributed by atoms with Gasteiger partial charge in [-0.25, -0.2) is 15.0 Å². The van der Waals surface area contributed by atoms with Crippen molar-refractivity contribution in [2.75, 3.05) is 20.6 Å². The molecule has 3 heterocycles. The molecule has 0 radical (unpaired) electrons. The van der Waals surface area contributed by atoms with Crippen LogP contribution in [0, 0.1) is 13.8 Å². The second kappa shape index (κ2) is 7.49. The summed E-state index contributed by atoms with van der Waals surface area (Å²) in [5.41, 5.74) is 3.59. The van der Waals surface area contributed by atoms with Crippen molar-refractivity contribution in [1.29, 1.82) is 0 Å². The van der Waals surface area contributed by atoms with Crippen molar-refractivity contribution in [3.8, 4) is 0 Å². The topological polar surface area (TPSA) is 79.3 Å². The van der Waals surface area contributed by atoms with Crippen molar-refractivity contribution in [3.05, 3.63) is 39.4 Å². The van der Waals surface area contributed by atoms with E-state index in [1.54, 1.807) is 25.8 Å². The van der Waals surface area contributed by atoms with E-state index in [0.29, 0.717) is 28.5 Å². The van der Waals surface area contributed by atoms with Crippen molar-refractivity contribution < 1.29 is 9.59 Å². The van der Waals surface area contributed by atoms with E-state index in [4.69, 9.17) is 0 Å². The minimum atomic E-state index is -0.167. The summed E-state index contributed by atoms with van der Waals surface area (Å²) in [5.74, 6) is 0.475. The van der Waals surface area contributed by atoms with Crippen LogP contribution in [0.2, 0.25) is 0 Å². The Kier molecular flexibility index (Phi) is 5.31. The van der Waals surface area contributed by atoms with Crippen LogP contribution in [0.15, 0.2) is 11.7 Å². The average Bonchev–Trinajstić information content (AvgIpc) is 3.06. The first kappa shape index (κ1) is 18.4. The number of amides is 2. The number of piperidine rings is 1. The van der Waals surface area contributed by atoms with Crippen LogP contribution < -0.4 is 0 Å². The van der Waals surface area contributed by atoms with Crippen LogP contribution in [-0.2, 0) is 0 Å². The SMILES string of the molecule is Cc1nc([C@@H]2CCCCN2C(=O)c2scnc2C)ncc1C(=O)N(C)C. The fourth-order valence-electron chi connectivity index (χ4n) is 3.18. The number of aromatic nitrogens is 3. The van der Waals surface area contributed by atoms with Crippen LogP contribution in [0.3, 0.4) is 0 Å². The summed E-state index contributed by atoms with van der Waals surface area (Å²) in [5, 5.41) is 0. The monoisotopic (exact) mass is 373 g/mol. The Bertz CT molecular complexity index is 833. The molecule has 3 rings (SSSR count). The molecule has 0 N–H and O–H groups in total. The predicted molar refractivity (Wildman–Crippen MR) is 99.3 cm³/mol. The van der Waals surface area contributed by atoms with Crippen molar-refractivity contribution in [1.82, 2.24) is 24.8 Å². The van der Waals surface area contributed by atoms with E-state index >= 15 is 0 Å². The quantitative estimate of drug-likeness (QED) is 0.826. The first-order valence-corrected chi connectivity index (χ1v) is 9.54. The van der Waals surface area contributed by atoms with Gasteiger partial charge in [-0.3, -0.25) is 9.59 Å². The van der Waals surface area contributed by atoms with Crippen LogP contribution in [0.4, 0.5) is 0 Å². The number of thiazole rings is 1. The molecule has 2 aromatic heterocycles. The number of hydrogen-bond acceptors (Lipinski definition) is 6. The van der Waals surface area contributed by atoms with E-state index in [-0.39, 0.29) is 17.9 Å². The van der Waals surface area contributed by atoms with Crippen LogP contribution >= 0.6 is 11.3 Å². The smallest absolute Gasteiger partial charge is 0.266 e. The van der Waals surface area contributed by atoms with E-state index in [1.807, 2.05) is 18.7 Å². The first-order chi connectivity index (χ1) is 12.4. The summed E-state index contributed by atoms with van der Waals surface area (Å²) < 4.78 is 0. The molecule has 0 saturated carbocycles. The molecule has 1 saturated heterocycles. The lowest BCUT2D eigenvalue weighted by Gasteiger charge is -2.34. The van der Waals surface area contributed by atoms with Crippen LogP contribution in [0.1, 0.15) is 62.5 Å². The van der Waals surface area contributed by atoms with Gasteiger partial charge in [0.15, 0.2) is 5.82 Å². The third-order valence-electron chi connectivity index (χ3n) is 4.64. The molecule has 0 aromatic carbocycles. The lowest BCUT2D eigenvalue weighted by molar-refractivity contribution is 0.0602. The van der Waals surface area contributed by atoms with Gasteiger partial charge in [-0.2, -0.15) is 0 Å². The Morgan fingerprint density at radius 1 is 1.19 bits per heavy atom. The van der Waals surface area contributed by atoms with E-state index in [9.17, 15) is 9.59 Å². The minimum Gasteiger partial charge on any atom is -0.345 e. The maximum absolute atomic E-state index is 13.0. The van der Waals surface area contributed by atoms with Gasteiger partial charge >= 0.3 is 0 Å². The molecule has 8 heteroatoms. The van der Waals surface area contributed by atoms with E-state index in [0.717, 1.165) is 25.0 Å². The maximum Gasteiger partial charge on any atom is 0.266 e. The fraction of sp³-hybridized carbons (Fsp3) is 0.500. The normalized spacial score (nSPS) is 17.2. The molecule has 1 fully saturated rings. The van der Waals surface area contributed by atoms with Gasteiger partial charge in [0.25, 0.3) is 11.8 Å². The van der Waals surface area contributed by atoms with E-state index < -0.39 is 0 Å². The van der Waals surface area contributed by atoms with Crippen molar-refractivity contribution in [3.63, 3.8) is 0 Å². The van der Waals surface area contributed by atoms with Crippen LogP contribution in [0.5, 0.6) is 0 Å². The summed E-state index contributed by atoms with van der Waals surface area (Å²) in [6, 6.07) is -0.167. The minimum absolute atomic E-state index is 0.00982. The van der Waals surface area contributed by atoms with Gasteiger partial charge in [-0.05, 0) is 33.1 Å². The molecule has 7 nitrogen and oxygen atoms in total. The summed E-state index contributed by atoms with van der Waals surface area (Å²) in [7, 11) is 3.41. The molecule has 26 heavy (non-hydrogen) atoms. The van der Waals surface area contributed by atoms with E-state index in [1.165, 1.54) is 16.2 Å². The van der Waals surface area contributed by atoms with Crippen molar-refractivity contribution >= 4 is 23.2 Å². The Balaban J connectivity index is 1.91. The lowest BCUT2D eigenvalue weighted by atomic mass is 10.0. The first-order valence-electron chi connectivity index (χ1n) is 8.66. The highest BCUT2D eigenvalue weighted by Gasteiger charge is 2.32. The summed E-state index contributed by atoms with van der Waals surface area (Å²) in [6.07, 6.45) is 4.40. The number of aryl methyl sites for hydroxylation is 2. The van der Waals surface area contributed by atoms with Crippen molar-refractivity contribution in [2.45, 2.75) is 39.2 Å². The number of rotatable bonds is 3. The summed E-state index contributed by atoms with van der Waals surface area (Å²) >= 11 is 1.37. The number of nitrogens with zero attached hydrogens (tertiary/aromatic N) is 5. The second-order valence-electron chi connectivity index (χ2n) is 6.70. The third-order valence-corrected chi connectivity index (χ3v) is 5.55. The zero-order valence-electron chi connectivity index (χ0n) is 15.5. The largest absolute Gasteiger partial charge is 0.345 e. The molecule has 1 aliphatic rings. The molecular formula is C18H23N5O2S. The van der Waals surface area contributed by atoms with Gasteiger partial charge < -0.3 is 9.80 Å². The number of likely N-dealkylation sites (tertiary alicyclic amines) is 1. The molecule has 0 unspecified atom stereocenters. The maximum atomic E-state index is 13.0. The number of hydrogen-bond donors (Lipinski definition) is 0. The fourth-order valence-corrected chi connectivity index (χ4v) is 3.93. The average molecular weight is 373 g/mol. The van der Waals surface area contributed by atoms with Gasteiger partial charge in [0.2, 0.25) is 0 Å². The van der Waals surface area contributed by atoms with Crippen LogP contribution in [0.25, 0.3) is 0 Å². The molecule has 138 valence electrons. The lowest BCUT2D eigenvalue weighted by Crippen LogP contribution is -2.39. The summed E-state index contributed by atoms with van der Waals surface area (Å²) in [6.45, 7) is 4.34. The Labute approximate surface area is 157 Å². The number of carbonyl (C=O) groups excluding carboxylic acids is 2. The highest BCUT2D eigenvalue weighted by molar-refractivity contribution is 7.11. The van der Waals surface area contributed by atoms with Crippen LogP contribution in [-0.4, -0.2) is 57.2 Å². The highest BCUT2D eigenvalue weighted by Crippen LogP contribution is 2.31. The van der Waals surface area contributed by atoms with Gasteiger partial charge in [0, 0.05) is 26.8 Å². The van der Waals surface area contributed by atoms with Gasteiger partial charge in [-0.1, -0.05) is 0 Å². The zero-order valence-corrected chi connectivity index (χ0v) is 16.3. The standard InChI is InChI=1S/C18H23N5O2S/c1-11-13(17(24)22(3)4)9-19-16(21-11)14-7-5-6-8-23(14)18(25)15-12(2)20-10-26-15/h9-10,14H,5-8H2,1-4H3/t14-/m0/s1. The predicted octanol–water partition coefficient (Wildman–Crippen LogP) is 2.62. The van der Waals surface area contributed by atoms with Gasteiger partial charge in [0.1, 0.15) is 4.88 Å². The third kappa shape index (κ3) is 3.46. The summed E-state index contributed by atoms with van der Waals surface area (Å²) in [4.78, 5) is 42.4. The molecule has 0 aliphatic carbocycles. The Hall–Kier alpha value is -2.35. The molecule has 2 aromatic rings. The molecule has 1 aliphatic heterocycles. The number of carbonyl (C=O) groups is 2. The Morgan fingerprint density at radius 2 is 1.96 bits per heavy atom. The molecule has 2 amide bonds. The molecule has 0 bridgehead atoms. The van der Waals surface area contributed by atoms with Gasteiger partial charge in [0.05, 0.1) is 28.5 Å². The van der Waals surface area contributed by atoms with Gasteiger partial charge in [-0.15, -0.1) is 11.3 Å². The van der Waals surface area contributed by atoms with E-state index in [2.05, 4.69) is 15.0 Å². The molecule has 0 spiro atoms. The molecular weight excluding hydrogens is 350 g/mol.